The van der Waals surface area contributed by atoms with E-state index in [2.05, 4.69) is 11.4 Å². The number of amides is 2. The fourth-order valence-electron chi connectivity index (χ4n) is 4.23. The number of anilines is 1. The van der Waals surface area contributed by atoms with Crippen LogP contribution in [0.5, 0.6) is 0 Å². The molecule has 0 bridgehead atoms. The number of hydrogen-bond acceptors (Lipinski definition) is 4. The van der Waals surface area contributed by atoms with Crippen molar-refractivity contribution in [2.24, 2.45) is 5.92 Å². The van der Waals surface area contributed by atoms with Crippen LogP contribution in [0.3, 0.4) is 0 Å². The van der Waals surface area contributed by atoms with Crippen molar-refractivity contribution in [3.8, 4) is 0 Å². The van der Waals surface area contributed by atoms with Gasteiger partial charge in [0.15, 0.2) is 0 Å². The molecule has 2 fully saturated rings. The first-order valence-electron chi connectivity index (χ1n) is 11.0. The standard InChI is InChI=1S/C25H30N2O3S/c1-18(20-7-3-2-4-8-20)27-16-21(15-24(27)28)25(29)26-22-9-5-6-19(14-22)17-31-23-10-12-30-13-11-23/h2-9,14,18,21,23H,10-13,15-17H2,1H3,(H,26,29). The molecule has 2 atom stereocenters. The lowest BCUT2D eigenvalue weighted by molar-refractivity contribution is -0.129. The van der Waals surface area contributed by atoms with Gasteiger partial charge in [-0.25, -0.2) is 0 Å². The minimum absolute atomic E-state index is 0.0305. The molecule has 164 valence electrons. The van der Waals surface area contributed by atoms with Gasteiger partial charge in [-0.1, -0.05) is 42.5 Å². The maximum Gasteiger partial charge on any atom is 0.229 e. The number of carbonyl (C=O) groups is 2. The summed E-state index contributed by atoms with van der Waals surface area (Å²) in [6, 6.07) is 18.0. The van der Waals surface area contributed by atoms with Crippen LogP contribution in [0.1, 0.15) is 43.4 Å². The van der Waals surface area contributed by atoms with Gasteiger partial charge in [0, 0.05) is 42.9 Å². The van der Waals surface area contributed by atoms with E-state index in [4.69, 9.17) is 4.74 Å². The van der Waals surface area contributed by atoms with Gasteiger partial charge in [0.1, 0.15) is 0 Å². The molecule has 0 spiro atoms. The lowest BCUT2D eigenvalue weighted by Gasteiger charge is -2.25. The number of thioether (sulfide) groups is 1. The summed E-state index contributed by atoms with van der Waals surface area (Å²) in [4.78, 5) is 27.3. The number of hydrogen-bond donors (Lipinski definition) is 1. The van der Waals surface area contributed by atoms with E-state index in [0.29, 0.717) is 11.8 Å². The van der Waals surface area contributed by atoms with Crippen molar-refractivity contribution in [1.82, 2.24) is 4.90 Å². The van der Waals surface area contributed by atoms with Gasteiger partial charge in [0.05, 0.1) is 12.0 Å². The molecule has 4 rings (SSSR count). The number of nitrogens with zero attached hydrogens (tertiary/aromatic N) is 1. The van der Waals surface area contributed by atoms with Crippen molar-refractivity contribution in [3.05, 3.63) is 65.7 Å². The lowest BCUT2D eigenvalue weighted by atomic mass is 10.1. The smallest absolute Gasteiger partial charge is 0.229 e. The first-order chi connectivity index (χ1) is 15.1. The van der Waals surface area contributed by atoms with Crippen molar-refractivity contribution in [2.45, 2.75) is 43.2 Å². The van der Waals surface area contributed by atoms with Crippen LogP contribution < -0.4 is 5.32 Å². The van der Waals surface area contributed by atoms with Crippen molar-refractivity contribution >= 4 is 29.3 Å². The van der Waals surface area contributed by atoms with E-state index in [1.54, 1.807) is 0 Å². The minimum atomic E-state index is -0.320. The summed E-state index contributed by atoms with van der Waals surface area (Å²) in [6.45, 7) is 4.19. The molecule has 2 saturated heterocycles. The molecule has 0 radical (unpaired) electrons. The summed E-state index contributed by atoms with van der Waals surface area (Å²) in [6.07, 6.45) is 2.48. The Kier molecular flexibility index (Phi) is 7.30. The zero-order valence-electron chi connectivity index (χ0n) is 18.0. The molecule has 2 aromatic rings. The van der Waals surface area contributed by atoms with Crippen molar-refractivity contribution in [2.75, 3.05) is 25.1 Å². The fraction of sp³-hybridized carbons (Fsp3) is 0.440. The molecule has 1 N–H and O–H groups in total. The Balaban J connectivity index is 1.32. The monoisotopic (exact) mass is 438 g/mol. The molecule has 2 aliphatic heterocycles. The Labute approximate surface area is 188 Å². The molecule has 2 aromatic carbocycles. The average Bonchev–Trinajstić information content (AvgIpc) is 3.20. The number of nitrogens with one attached hydrogen (secondary N) is 1. The third-order valence-corrected chi connectivity index (χ3v) is 7.57. The first-order valence-corrected chi connectivity index (χ1v) is 12.1. The van der Waals surface area contributed by atoms with E-state index in [-0.39, 0.29) is 30.2 Å². The van der Waals surface area contributed by atoms with Gasteiger partial charge < -0.3 is 15.0 Å². The van der Waals surface area contributed by atoms with Crippen LogP contribution in [0.2, 0.25) is 0 Å². The molecule has 2 aliphatic rings. The molecule has 0 aliphatic carbocycles. The average molecular weight is 439 g/mol. The first kappa shape index (κ1) is 21.9. The Morgan fingerprint density at radius 1 is 1.16 bits per heavy atom. The summed E-state index contributed by atoms with van der Waals surface area (Å²) >= 11 is 1.96. The third-order valence-electron chi connectivity index (χ3n) is 6.13. The Morgan fingerprint density at radius 3 is 2.71 bits per heavy atom. The molecule has 5 nitrogen and oxygen atoms in total. The van der Waals surface area contributed by atoms with Crippen LogP contribution >= 0.6 is 11.8 Å². The van der Waals surface area contributed by atoms with E-state index in [1.165, 1.54) is 5.56 Å². The van der Waals surface area contributed by atoms with E-state index in [1.807, 2.05) is 72.1 Å². The van der Waals surface area contributed by atoms with E-state index >= 15 is 0 Å². The molecule has 2 heterocycles. The second-order valence-corrected chi connectivity index (χ2v) is 9.63. The molecular formula is C25H30N2O3S. The maximum absolute atomic E-state index is 12.9. The highest BCUT2D eigenvalue weighted by molar-refractivity contribution is 7.99. The van der Waals surface area contributed by atoms with Crippen molar-refractivity contribution in [1.29, 1.82) is 0 Å². The molecule has 2 amide bonds. The number of ether oxygens (including phenoxy) is 1. The second kappa shape index (κ2) is 10.3. The van der Waals surface area contributed by atoms with Crippen LogP contribution in [0.15, 0.2) is 54.6 Å². The predicted octanol–water partition coefficient (Wildman–Crippen LogP) is 4.65. The highest BCUT2D eigenvalue weighted by atomic mass is 32.2. The molecular weight excluding hydrogens is 408 g/mol. The van der Waals surface area contributed by atoms with E-state index in [9.17, 15) is 9.59 Å². The zero-order chi connectivity index (χ0) is 21.6. The van der Waals surface area contributed by atoms with Gasteiger partial charge in [-0.05, 0) is 43.0 Å². The summed E-state index contributed by atoms with van der Waals surface area (Å²) in [5, 5.41) is 3.68. The van der Waals surface area contributed by atoms with Gasteiger partial charge in [-0.3, -0.25) is 9.59 Å². The maximum atomic E-state index is 12.9. The summed E-state index contributed by atoms with van der Waals surface area (Å²) in [5.74, 6) is 0.570. The van der Waals surface area contributed by atoms with Crippen LogP contribution in [-0.2, 0) is 20.1 Å². The van der Waals surface area contributed by atoms with Crippen LogP contribution in [-0.4, -0.2) is 41.7 Å². The van der Waals surface area contributed by atoms with Gasteiger partial charge in [-0.15, -0.1) is 0 Å². The van der Waals surface area contributed by atoms with Gasteiger partial charge >= 0.3 is 0 Å². The molecule has 0 saturated carbocycles. The second-order valence-electron chi connectivity index (χ2n) is 8.35. The SMILES string of the molecule is CC(c1ccccc1)N1CC(C(=O)Nc2cccc(CSC3CCOCC3)c2)CC1=O. The quantitative estimate of drug-likeness (QED) is 0.684. The summed E-state index contributed by atoms with van der Waals surface area (Å²) in [7, 11) is 0. The molecule has 2 unspecified atom stereocenters. The largest absolute Gasteiger partial charge is 0.381 e. The molecule has 31 heavy (non-hydrogen) atoms. The molecule has 0 aromatic heterocycles. The number of likely N-dealkylation sites (tertiary alicyclic amines) is 1. The molecule has 6 heteroatoms. The van der Waals surface area contributed by atoms with Crippen molar-refractivity contribution in [3.63, 3.8) is 0 Å². The Hall–Kier alpha value is -2.31. The Morgan fingerprint density at radius 2 is 1.94 bits per heavy atom. The summed E-state index contributed by atoms with van der Waals surface area (Å²) < 4.78 is 5.43. The van der Waals surface area contributed by atoms with Crippen LogP contribution in [0, 0.1) is 5.92 Å². The van der Waals surface area contributed by atoms with Gasteiger partial charge in [0.2, 0.25) is 11.8 Å². The van der Waals surface area contributed by atoms with Crippen molar-refractivity contribution < 1.29 is 14.3 Å². The zero-order valence-corrected chi connectivity index (χ0v) is 18.8. The third kappa shape index (κ3) is 5.69. The van der Waals surface area contributed by atoms with Gasteiger partial charge in [0.25, 0.3) is 0 Å². The highest BCUT2D eigenvalue weighted by Gasteiger charge is 2.37. The Bertz CT molecular complexity index is 899. The predicted molar refractivity (Wildman–Crippen MR) is 125 cm³/mol. The minimum Gasteiger partial charge on any atom is -0.381 e. The van der Waals surface area contributed by atoms with Crippen LogP contribution in [0.25, 0.3) is 0 Å². The highest BCUT2D eigenvalue weighted by Crippen LogP contribution is 2.30. The van der Waals surface area contributed by atoms with Gasteiger partial charge in [-0.2, -0.15) is 11.8 Å². The number of benzene rings is 2. The number of carbonyl (C=O) groups excluding carboxylic acids is 2. The lowest BCUT2D eigenvalue weighted by Crippen LogP contribution is -2.30. The fourth-order valence-corrected chi connectivity index (χ4v) is 5.37. The number of rotatable bonds is 7. The topological polar surface area (TPSA) is 58.6 Å². The normalized spacial score (nSPS) is 20.6. The van der Waals surface area contributed by atoms with Crippen LogP contribution in [0.4, 0.5) is 5.69 Å². The van der Waals surface area contributed by atoms with E-state index in [0.717, 1.165) is 43.1 Å². The van der Waals surface area contributed by atoms with E-state index < -0.39 is 0 Å². The summed E-state index contributed by atoms with van der Waals surface area (Å²) in [5.41, 5.74) is 3.10.